The SMILES string of the molecule is NCCP(=O)(CCN)[O][Al]([O]P(=O)(CCN)CCN)[O]P(=O)(CCN)CCN. The fourth-order valence-electron chi connectivity index (χ4n) is 2.36. The largest absolute Gasteiger partial charge is 0.921 e. The van der Waals surface area contributed by atoms with Gasteiger partial charge in [-0.2, -0.15) is 0 Å². The van der Waals surface area contributed by atoms with Crippen LogP contribution in [0.2, 0.25) is 0 Å². The maximum atomic E-state index is 13.0. The summed E-state index contributed by atoms with van der Waals surface area (Å²) in [5.74, 6) is 0. The lowest BCUT2D eigenvalue weighted by Crippen LogP contribution is -2.31. The van der Waals surface area contributed by atoms with Crippen molar-refractivity contribution in [1.29, 1.82) is 0 Å². The second kappa shape index (κ2) is 14.8. The average molecular weight is 480 g/mol. The Hall–Kier alpha value is 0.862. The van der Waals surface area contributed by atoms with E-state index in [9.17, 15) is 13.7 Å². The van der Waals surface area contributed by atoms with E-state index < -0.39 is 37.3 Å². The summed E-state index contributed by atoms with van der Waals surface area (Å²) in [6.07, 6.45) is 0.230. The standard InChI is InChI=1S/3C4H13N2O2P.Al/c3*5-1-3-9(7,8)4-2-6;/h3*1-6H2,(H,7,8);/q;;;+3/p-3. The van der Waals surface area contributed by atoms with Gasteiger partial charge in [-0.3, -0.25) is 13.7 Å². The van der Waals surface area contributed by atoms with E-state index in [0.717, 1.165) is 0 Å². The summed E-state index contributed by atoms with van der Waals surface area (Å²) >= 11 is -3.42. The van der Waals surface area contributed by atoms with Crippen LogP contribution in [0, 0.1) is 0 Å². The molecular weight excluding hydrogens is 444 g/mol. The first-order valence-electron chi connectivity index (χ1n) is 9.15. The fourth-order valence-corrected chi connectivity index (χ4v) is 13.2. The molecule has 0 aromatic heterocycles. The zero-order chi connectivity index (χ0) is 21.7. The van der Waals surface area contributed by atoms with E-state index in [1.165, 1.54) is 0 Å². The molecule has 16 heteroatoms. The Morgan fingerprint density at radius 2 is 0.643 bits per heavy atom. The number of nitrogens with two attached hydrogens (primary N) is 6. The van der Waals surface area contributed by atoms with Crippen molar-refractivity contribution in [2.75, 3.05) is 76.2 Å². The molecule has 0 bridgehead atoms. The first kappa shape index (κ1) is 28.9. The highest BCUT2D eigenvalue weighted by Gasteiger charge is 2.48. The van der Waals surface area contributed by atoms with E-state index in [1.807, 2.05) is 0 Å². The van der Waals surface area contributed by atoms with Gasteiger partial charge < -0.3 is 45.1 Å². The van der Waals surface area contributed by atoms with Crippen molar-refractivity contribution in [3.63, 3.8) is 0 Å². The molecule has 168 valence electrons. The third kappa shape index (κ3) is 11.3. The molecule has 0 spiro atoms. The molecule has 0 saturated heterocycles. The van der Waals surface area contributed by atoms with E-state index in [-0.39, 0.29) is 76.2 Å². The number of rotatable bonds is 18. The molecule has 0 aliphatic heterocycles. The molecule has 0 amide bonds. The second-order valence-electron chi connectivity index (χ2n) is 6.12. The van der Waals surface area contributed by atoms with Crippen molar-refractivity contribution in [1.82, 2.24) is 0 Å². The van der Waals surface area contributed by atoms with Crippen LogP contribution >= 0.6 is 22.1 Å². The molecule has 0 aliphatic carbocycles. The van der Waals surface area contributed by atoms with Crippen molar-refractivity contribution < 1.29 is 24.4 Å². The molecule has 12 N–H and O–H groups in total. The van der Waals surface area contributed by atoms with Gasteiger partial charge in [0.25, 0.3) is 0 Å². The monoisotopic (exact) mass is 480 g/mol. The van der Waals surface area contributed by atoms with Crippen molar-refractivity contribution in [3.8, 4) is 0 Å². The van der Waals surface area contributed by atoms with Crippen LogP contribution < -0.4 is 34.4 Å². The molecule has 12 nitrogen and oxygen atoms in total. The highest BCUT2D eigenvalue weighted by molar-refractivity contribution is 7.63. The van der Waals surface area contributed by atoms with Crippen molar-refractivity contribution in [2.24, 2.45) is 34.4 Å². The zero-order valence-corrected chi connectivity index (χ0v) is 20.2. The van der Waals surface area contributed by atoms with E-state index in [0.29, 0.717) is 0 Å². The Balaban J connectivity index is 5.76. The molecule has 0 atom stereocenters. The van der Waals surface area contributed by atoms with Crippen LogP contribution in [0.25, 0.3) is 0 Å². The summed E-state index contributed by atoms with van der Waals surface area (Å²) < 4.78 is 56.2. The maximum absolute atomic E-state index is 13.0. The summed E-state index contributed by atoms with van der Waals surface area (Å²) in [5, 5.41) is 0. The number of hydrogen-bond donors (Lipinski definition) is 6. The van der Waals surface area contributed by atoms with Crippen molar-refractivity contribution in [2.45, 2.75) is 0 Å². The van der Waals surface area contributed by atoms with Gasteiger partial charge in [0.15, 0.2) is 22.1 Å². The van der Waals surface area contributed by atoms with Gasteiger partial charge in [0.1, 0.15) is 0 Å². The van der Waals surface area contributed by atoms with Crippen LogP contribution in [0.1, 0.15) is 0 Å². The van der Waals surface area contributed by atoms with Gasteiger partial charge in [-0.05, 0) is 0 Å². The van der Waals surface area contributed by atoms with Crippen LogP contribution in [-0.2, 0) is 24.4 Å². The molecule has 0 saturated carbocycles. The van der Waals surface area contributed by atoms with Crippen LogP contribution in [0.15, 0.2) is 0 Å². The summed E-state index contributed by atoms with van der Waals surface area (Å²) in [7, 11) is -9.99. The van der Waals surface area contributed by atoms with Crippen molar-refractivity contribution in [3.05, 3.63) is 0 Å². The minimum atomic E-state index is -3.42. The minimum absolute atomic E-state index is 0.0383. The Morgan fingerprint density at radius 1 is 0.464 bits per heavy atom. The lowest BCUT2D eigenvalue weighted by atomic mass is 10.8. The van der Waals surface area contributed by atoms with Crippen LogP contribution in [0.3, 0.4) is 0 Å². The zero-order valence-electron chi connectivity index (χ0n) is 16.3. The molecule has 0 fully saturated rings. The fraction of sp³-hybridized carbons (Fsp3) is 1.00. The Morgan fingerprint density at radius 3 is 0.786 bits per heavy atom. The topological polar surface area (TPSA) is 235 Å². The highest BCUT2D eigenvalue weighted by Crippen LogP contribution is 2.55. The summed E-state index contributed by atoms with van der Waals surface area (Å²) in [5.41, 5.74) is 33.2. The van der Waals surface area contributed by atoms with E-state index >= 15 is 0 Å². The van der Waals surface area contributed by atoms with Crippen LogP contribution in [0.4, 0.5) is 0 Å². The quantitative estimate of drug-likeness (QED) is 0.0982. The molecule has 0 aromatic rings. The lowest BCUT2D eigenvalue weighted by Gasteiger charge is -2.28. The van der Waals surface area contributed by atoms with Gasteiger partial charge in [-0.25, -0.2) is 0 Å². The molecule has 0 aliphatic rings. The van der Waals surface area contributed by atoms with Gasteiger partial charge in [0.2, 0.25) is 0 Å². The molecule has 0 radical (unpaired) electrons. The molecule has 28 heavy (non-hydrogen) atoms. The molecular formula is C12H36AlN6O6P3. The van der Waals surface area contributed by atoms with Gasteiger partial charge in [0.05, 0.1) is 0 Å². The Kier molecular flexibility index (Phi) is 15.3. The first-order chi connectivity index (χ1) is 13.1. The minimum Gasteiger partial charge on any atom is -0.405 e. The summed E-state index contributed by atoms with van der Waals surface area (Å²) in [4.78, 5) is 0. The maximum Gasteiger partial charge on any atom is 0.921 e. The van der Waals surface area contributed by atoms with Crippen molar-refractivity contribution >= 4 is 37.3 Å². The third-order valence-corrected chi connectivity index (χ3v) is 16.0. The van der Waals surface area contributed by atoms with Gasteiger partial charge >= 0.3 is 15.1 Å². The first-order valence-corrected chi connectivity index (χ1v) is 16.5. The van der Waals surface area contributed by atoms with E-state index in [2.05, 4.69) is 0 Å². The lowest BCUT2D eigenvalue weighted by molar-refractivity contribution is 0.305. The molecule has 0 unspecified atom stereocenters. The normalized spacial score (nSPS) is 13.1. The van der Waals surface area contributed by atoms with Gasteiger partial charge in [0, 0.05) is 76.2 Å². The Labute approximate surface area is 172 Å². The highest BCUT2D eigenvalue weighted by atomic mass is 31.2. The molecule has 0 heterocycles. The van der Waals surface area contributed by atoms with E-state index in [1.54, 1.807) is 0 Å². The van der Waals surface area contributed by atoms with Crippen LogP contribution in [0.5, 0.6) is 0 Å². The Bertz CT molecular complexity index is 468. The second-order valence-corrected chi connectivity index (χ2v) is 16.8. The predicted molar refractivity (Wildman–Crippen MR) is 115 cm³/mol. The predicted octanol–water partition coefficient (Wildman–Crippen LogP) is -1.39. The van der Waals surface area contributed by atoms with Gasteiger partial charge in [-0.15, -0.1) is 0 Å². The summed E-state index contributed by atoms with van der Waals surface area (Å²) in [6.45, 7) is 0.529. The number of hydrogen-bond acceptors (Lipinski definition) is 12. The smallest absolute Gasteiger partial charge is 0.405 e. The van der Waals surface area contributed by atoms with Crippen LogP contribution in [-0.4, -0.2) is 91.4 Å². The summed E-state index contributed by atoms with van der Waals surface area (Å²) in [6, 6.07) is 0. The molecule has 0 rings (SSSR count). The van der Waals surface area contributed by atoms with E-state index in [4.69, 9.17) is 45.1 Å². The average Bonchev–Trinajstić information content (AvgIpc) is 2.55. The molecule has 0 aromatic carbocycles. The van der Waals surface area contributed by atoms with Gasteiger partial charge in [-0.1, -0.05) is 0 Å². The third-order valence-electron chi connectivity index (χ3n) is 3.65.